The first-order chi connectivity index (χ1) is 10.1. The Kier molecular flexibility index (Phi) is 6.92. The van der Waals surface area contributed by atoms with Crippen LogP contribution in [0.3, 0.4) is 0 Å². The van der Waals surface area contributed by atoms with Crippen molar-refractivity contribution in [3.63, 3.8) is 0 Å². The molecular formula is C17H25NO3. The Morgan fingerprint density at radius 3 is 2.33 bits per heavy atom. The third-order valence-electron chi connectivity index (χ3n) is 3.93. The predicted molar refractivity (Wildman–Crippen MR) is 83.2 cm³/mol. The van der Waals surface area contributed by atoms with E-state index in [1.807, 2.05) is 25.1 Å². The summed E-state index contributed by atoms with van der Waals surface area (Å²) in [6.45, 7) is 4.05. The summed E-state index contributed by atoms with van der Waals surface area (Å²) in [6.07, 6.45) is 3.82. The number of carbonyl (C=O) groups is 2. The molecule has 0 aliphatic rings. The molecule has 1 aromatic rings. The highest BCUT2D eigenvalue weighted by Crippen LogP contribution is 2.27. The predicted octanol–water partition coefficient (Wildman–Crippen LogP) is 3.12. The minimum atomic E-state index is -1.05. The average molecular weight is 291 g/mol. The molecule has 0 spiro atoms. The largest absolute Gasteiger partial charge is 0.481 e. The van der Waals surface area contributed by atoms with Crippen molar-refractivity contribution < 1.29 is 14.7 Å². The van der Waals surface area contributed by atoms with E-state index >= 15 is 0 Å². The lowest BCUT2D eigenvalue weighted by Gasteiger charge is -2.29. The second-order valence-electron chi connectivity index (χ2n) is 5.34. The zero-order valence-corrected chi connectivity index (χ0v) is 12.9. The molecule has 0 fully saturated rings. The standard InChI is InChI=1S/C17H25NO3/c1-3-5-7-12-15(19)18-13-17(4-2,16(20)21)14-10-8-6-9-11-14/h6,8-11H,3-5,7,12-13H2,1-2H3,(H,18,19)(H,20,21). The molecule has 21 heavy (non-hydrogen) atoms. The van der Waals surface area contributed by atoms with Crippen molar-refractivity contribution in [1.29, 1.82) is 0 Å². The summed E-state index contributed by atoms with van der Waals surface area (Å²) in [5.74, 6) is -0.969. The molecule has 0 bridgehead atoms. The van der Waals surface area contributed by atoms with Crippen LogP contribution in [0.5, 0.6) is 0 Å². The molecule has 0 aromatic heterocycles. The molecule has 1 amide bonds. The zero-order chi connectivity index (χ0) is 15.7. The number of nitrogens with one attached hydrogen (secondary N) is 1. The second-order valence-corrected chi connectivity index (χ2v) is 5.34. The highest BCUT2D eigenvalue weighted by Gasteiger charge is 2.38. The Morgan fingerprint density at radius 1 is 1.14 bits per heavy atom. The number of rotatable bonds is 9. The Bertz CT molecular complexity index is 458. The van der Waals surface area contributed by atoms with Gasteiger partial charge in [-0.1, -0.05) is 57.0 Å². The maximum Gasteiger partial charge on any atom is 0.315 e. The molecular weight excluding hydrogens is 266 g/mol. The second kappa shape index (κ2) is 8.45. The van der Waals surface area contributed by atoms with Crippen molar-refractivity contribution >= 4 is 11.9 Å². The van der Waals surface area contributed by atoms with E-state index in [2.05, 4.69) is 12.2 Å². The average Bonchev–Trinajstić information content (AvgIpc) is 2.49. The van der Waals surface area contributed by atoms with E-state index < -0.39 is 11.4 Å². The SMILES string of the molecule is CCCCCC(=O)NCC(CC)(C(=O)O)c1ccccc1. The molecule has 1 atom stereocenters. The van der Waals surface area contributed by atoms with Gasteiger partial charge in [-0.05, 0) is 18.4 Å². The molecule has 0 saturated carbocycles. The molecule has 4 heteroatoms. The van der Waals surface area contributed by atoms with Gasteiger partial charge in [0.2, 0.25) is 5.91 Å². The van der Waals surface area contributed by atoms with Gasteiger partial charge in [-0.2, -0.15) is 0 Å². The number of carboxylic acid groups (broad SMARTS) is 1. The van der Waals surface area contributed by atoms with E-state index in [1.165, 1.54) is 0 Å². The van der Waals surface area contributed by atoms with Crippen LogP contribution in [-0.4, -0.2) is 23.5 Å². The van der Waals surface area contributed by atoms with Crippen LogP contribution in [0, 0.1) is 0 Å². The van der Waals surface area contributed by atoms with Gasteiger partial charge in [-0.15, -0.1) is 0 Å². The monoisotopic (exact) mass is 291 g/mol. The quantitative estimate of drug-likeness (QED) is 0.687. The first-order valence-corrected chi connectivity index (χ1v) is 7.62. The van der Waals surface area contributed by atoms with Gasteiger partial charge in [-0.25, -0.2) is 0 Å². The summed E-state index contributed by atoms with van der Waals surface area (Å²) in [4.78, 5) is 23.6. The first kappa shape index (κ1) is 17.2. The fraction of sp³-hybridized carbons (Fsp3) is 0.529. The molecule has 4 nitrogen and oxygen atoms in total. The van der Waals surface area contributed by atoms with Crippen LogP contribution in [0.1, 0.15) is 51.5 Å². The summed E-state index contributed by atoms with van der Waals surface area (Å²) < 4.78 is 0. The van der Waals surface area contributed by atoms with Gasteiger partial charge in [0.1, 0.15) is 5.41 Å². The number of amides is 1. The molecule has 2 N–H and O–H groups in total. The van der Waals surface area contributed by atoms with Gasteiger partial charge in [0, 0.05) is 13.0 Å². The van der Waals surface area contributed by atoms with E-state index in [-0.39, 0.29) is 12.5 Å². The summed E-state index contributed by atoms with van der Waals surface area (Å²) in [6, 6.07) is 9.12. The van der Waals surface area contributed by atoms with Gasteiger partial charge in [-0.3, -0.25) is 9.59 Å². The summed E-state index contributed by atoms with van der Waals surface area (Å²) in [5, 5.41) is 12.4. The van der Waals surface area contributed by atoms with Gasteiger partial charge in [0.25, 0.3) is 0 Å². The van der Waals surface area contributed by atoms with E-state index in [1.54, 1.807) is 12.1 Å². The first-order valence-electron chi connectivity index (χ1n) is 7.62. The molecule has 1 aromatic carbocycles. The molecule has 1 rings (SSSR count). The van der Waals surface area contributed by atoms with Crippen molar-refractivity contribution in [3.8, 4) is 0 Å². The van der Waals surface area contributed by atoms with Crippen molar-refractivity contribution in [1.82, 2.24) is 5.32 Å². The van der Waals surface area contributed by atoms with E-state index in [9.17, 15) is 14.7 Å². The topological polar surface area (TPSA) is 66.4 Å². The summed E-state index contributed by atoms with van der Waals surface area (Å²) >= 11 is 0. The maximum atomic E-state index is 11.8. The van der Waals surface area contributed by atoms with Gasteiger partial charge in [0.05, 0.1) is 0 Å². The van der Waals surface area contributed by atoms with Crippen LogP contribution in [0.4, 0.5) is 0 Å². The number of aliphatic carboxylic acids is 1. The lowest BCUT2D eigenvalue weighted by molar-refractivity contribution is -0.144. The normalized spacial score (nSPS) is 13.4. The van der Waals surface area contributed by atoms with Crippen LogP contribution in [0.15, 0.2) is 30.3 Å². The molecule has 0 aliphatic carbocycles. The smallest absolute Gasteiger partial charge is 0.315 e. The highest BCUT2D eigenvalue weighted by atomic mass is 16.4. The summed E-state index contributed by atoms with van der Waals surface area (Å²) in [7, 11) is 0. The molecule has 0 saturated heterocycles. The van der Waals surface area contributed by atoms with Crippen LogP contribution in [0.2, 0.25) is 0 Å². The number of hydrogen-bond donors (Lipinski definition) is 2. The summed E-state index contributed by atoms with van der Waals surface area (Å²) in [5.41, 5.74) is -0.323. The van der Waals surface area contributed by atoms with Crippen LogP contribution in [0.25, 0.3) is 0 Å². The van der Waals surface area contributed by atoms with Crippen molar-refractivity contribution in [3.05, 3.63) is 35.9 Å². The van der Waals surface area contributed by atoms with Gasteiger partial charge >= 0.3 is 5.97 Å². The Labute approximate surface area is 126 Å². The Balaban J connectivity index is 2.76. The lowest BCUT2D eigenvalue weighted by atomic mass is 9.78. The molecule has 1 unspecified atom stereocenters. The van der Waals surface area contributed by atoms with Crippen LogP contribution in [-0.2, 0) is 15.0 Å². The Morgan fingerprint density at radius 2 is 1.81 bits per heavy atom. The fourth-order valence-corrected chi connectivity index (χ4v) is 2.41. The number of unbranched alkanes of at least 4 members (excludes halogenated alkanes) is 2. The van der Waals surface area contributed by atoms with E-state index in [0.717, 1.165) is 24.8 Å². The number of carbonyl (C=O) groups excluding carboxylic acids is 1. The maximum absolute atomic E-state index is 11.8. The number of hydrogen-bond acceptors (Lipinski definition) is 2. The van der Waals surface area contributed by atoms with Gasteiger partial charge < -0.3 is 10.4 Å². The molecule has 0 heterocycles. The third-order valence-corrected chi connectivity index (χ3v) is 3.93. The fourth-order valence-electron chi connectivity index (χ4n) is 2.41. The van der Waals surface area contributed by atoms with Crippen LogP contribution >= 0.6 is 0 Å². The minimum absolute atomic E-state index is 0.0709. The van der Waals surface area contributed by atoms with Crippen molar-refractivity contribution in [2.75, 3.05) is 6.54 Å². The van der Waals surface area contributed by atoms with E-state index in [4.69, 9.17) is 0 Å². The van der Waals surface area contributed by atoms with Crippen LogP contribution < -0.4 is 5.32 Å². The molecule has 116 valence electrons. The zero-order valence-electron chi connectivity index (χ0n) is 12.9. The third kappa shape index (κ3) is 4.59. The Hall–Kier alpha value is -1.84. The van der Waals surface area contributed by atoms with Crippen molar-refractivity contribution in [2.24, 2.45) is 0 Å². The number of benzene rings is 1. The van der Waals surface area contributed by atoms with Gasteiger partial charge in [0.15, 0.2) is 0 Å². The highest BCUT2D eigenvalue weighted by molar-refractivity contribution is 5.83. The molecule has 0 radical (unpaired) electrons. The minimum Gasteiger partial charge on any atom is -0.481 e. The van der Waals surface area contributed by atoms with E-state index in [0.29, 0.717) is 12.8 Å². The van der Waals surface area contributed by atoms with Crippen molar-refractivity contribution in [2.45, 2.75) is 51.4 Å². The molecule has 0 aliphatic heterocycles. The lowest BCUT2D eigenvalue weighted by Crippen LogP contribution is -2.46. The number of carboxylic acids is 1.